The fraction of sp³-hybridized carbons (Fsp3) is 0.538. The second kappa shape index (κ2) is 6.43. The van der Waals surface area contributed by atoms with E-state index < -0.39 is 22.1 Å². The molecule has 0 atom stereocenters. The summed E-state index contributed by atoms with van der Waals surface area (Å²) in [5, 5.41) is 0. The van der Waals surface area contributed by atoms with Crippen molar-refractivity contribution in [1.29, 1.82) is 0 Å². The van der Waals surface area contributed by atoms with Crippen molar-refractivity contribution >= 4 is 10.0 Å². The van der Waals surface area contributed by atoms with Gasteiger partial charge in [-0.25, -0.2) is 8.42 Å². The molecule has 1 aliphatic heterocycles. The van der Waals surface area contributed by atoms with Gasteiger partial charge < -0.3 is 9.64 Å². The molecular weight excluding hydrogens is 321 g/mol. The smallest absolute Gasteiger partial charge is 0.406 e. The number of alkyl halides is 3. The van der Waals surface area contributed by atoms with Gasteiger partial charge in [0.15, 0.2) is 0 Å². The lowest BCUT2D eigenvalue weighted by Crippen LogP contribution is -2.48. The summed E-state index contributed by atoms with van der Waals surface area (Å²) < 4.78 is 66.6. The van der Waals surface area contributed by atoms with Crippen molar-refractivity contribution in [1.82, 2.24) is 9.21 Å². The number of hydrogen-bond acceptors (Lipinski definition) is 4. The van der Waals surface area contributed by atoms with Crippen LogP contribution in [0.3, 0.4) is 0 Å². The van der Waals surface area contributed by atoms with Crippen molar-refractivity contribution in [3.63, 3.8) is 0 Å². The predicted octanol–water partition coefficient (Wildman–Crippen LogP) is 1.91. The fourth-order valence-electron chi connectivity index (χ4n) is 2.27. The number of halogens is 3. The van der Waals surface area contributed by atoms with Crippen LogP contribution in [0.4, 0.5) is 13.2 Å². The number of ether oxygens (including phenoxy) is 1. The first-order valence-electron chi connectivity index (χ1n) is 6.80. The Morgan fingerprint density at radius 2 is 1.82 bits per heavy atom. The molecule has 0 radical (unpaired) electrons. The van der Waals surface area contributed by atoms with E-state index in [1.807, 2.05) is 6.92 Å². The SMILES string of the molecule is CCN1CCN(S(=O)(=O)c2cccc(OC(F)(F)F)c2)CC1. The Hall–Kier alpha value is -1.32. The van der Waals surface area contributed by atoms with E-state index in [-0.39, 0.29) is 4.90 Å². The van der Waals surface area contributed by atoms with Crippen LogP contribution in [0.25, 0.3) is 0 Å². The van der Waals surface area contributed by atoms with Crippen molar-refractivity contribution in [2.24, 2.45) is 0 Å². The Morgan fingerprint density at radius 1 is 1.18 bits per heavy atom. The van der Waals surface area contributed by atoms with Crippen molar-refractivity contribution < 1.29 is 26.3 Å². The first kappa shape index (κ1) is 17.0. The van der Waals surface area contributed by atoms with E-state index in [1.165, 1.54) is 16.4 Å². The molecule has 0 saturated carbocycles. The summed E-state index contributed by atoms with van der Waals surface area (Å²) in [6, 6.07) is 4.47. The van der Waals surface area contributed by atoms with Crippen LogP contribution in [0.5, 0.6) is 5.75 Å². The molecule has 1 aliphatic rings. The lowest BCUT2D eigenvalue weighted by atomic mass is 10.3. The van der Waals surface area contributed by atoms with Gasteiger partial charge in [-0.3, -0.25) is 0 Å². The zero-order chi connectivity index (χ0) is 16.4. The van der Waals surface area contributed by atoms with Gasteiger partial charge in [0.1, 0.15) is 5.75 Å². The maximum atomic E-state index is 12.5. The Labute approximate surface area is 127 Å². The second-order valence-electron chi connectivity index (χ2n) is 4.86. The molecule has 5 nitrogen and oxygen atoms in total. The number of likely N-dealkylation sites (N-methyl/N-ethyl adjacent to an activating group) is 1. The Bertz CT molecular complexity index is 611. The molecule has 1 aromatic carbocycles. The van der Waals surface area contributed by atoms with Gasteiger partial charge in [-0.2, -0.15) is 4.31 Å². The van der Waals surface area contributed by atoms with Crippen LogP contribution in [0.15, 0.2) is 29.2 Å². The van der Waals surface area contributed by atoms with Crippen LogP contribution in [0.1, 0.15) is 6.92 Å². The molecule has 1 fully saturated rings. The topological polar surface area (TPSA) is 49.9 Å². The van der Waals surface area contributed by atoms with Gasteiger partial charge in [-0.15, -0.1) is 13.2 Å². The quantitative estimate of drug-likeness (QED) is 0.842. The number of rotatable bonds is 4. The largest absolute Gasteiger partial charge is 0.573 e. The molecule has 22 heavy (non-hydrogen) atoms. The summed E-state index contributed by atoms with van der Waals surface area (Å²) in [4.78, 5) is 1.91. The highest BCUT2D eigenvalue weighted by Crippen LogP contribution is 2.26. The maximum Gasteiger partial charge on any atom is 0.573 e. The number of sulfonamides is 1. The van der Waals surface area contributed by atoms with Gasteiger partial charge in [0.2, 0.25) is 10.0 Å². The van der Waals surface area contributed by atoms with E-state index in [0.29, 0.717) is 26.2 Å². The summed E-state index contributed by atoms with van der Waals surface area (Å²) in [6.07, 6.45) is -4.85. The predicted molar refractivity (Wildman–Crippen MR) is 74.0 cm³/mol. The van der Waals surface area contributed by atoms with Crippen LogP contribution in [0.2, 0.25) is 0 Å². The first-order chi connectivity index (χ1) is 10.2. The Balaban J connectivity index is 2.18. The minimum absolute atomic E-state index is 0.195. The van der Waals surface area contributed by atoms with Crippen LogP contribution in [-0.4, -0.2) is 56.7 Å². The number of hydrogen-bond donors (Lipinski definition) is 0. The van der Waals surface area contributed by atoms with Crippen molar-refractivity contribution in [2.75, 3.05) is 32.7 Å². The number of piperazine rings is 1. The molecule has 0 aromatic heterocycles. The number of benzene rings is 1. The molecular formula is C13H17F3N2O3S. The monoisotopic (exact) mass is 338 g/mol. The summed E-state index contributed by atoms with van der Waals surface area (Å²) in [5.41, 5.74) is 0. The van der Waals surface area contributed by atoms with Crippen molar-refractivity contribution in [3.05, 3.63) is 24.3 Å². The van der Waals surface area contributed by atoms with Gasteiger partial charge >= 0.3 is 6.36 Å². The fourth-order valence-corrected chi connectivity index (χ4v) is 3.72. The van der Waals surface area contributed by atoms with Gasteiger partial charge in [-0.1, -0.05) is 13.0 Å². The van der Waals surface area contributed by atoms with E-state index >= 15 is 0 Å². The zero-order valence-corrected chi connectivity index (χ0v) is 12.8. The average molecular weight is 338 g/mol. The lowest BCUT2D eigenvalue weighted by Gasteiger charge is -2.33. The Kier molecular flexibility index (Phi) is 4.98. The molecule has 0 amide bonds. The highest BCUT2D eigenvalue weighted by molar-refractivity contribution is 7.89. The third-order valence-electron chi connectivity index (χ3n) is 3.46. The zero-order valence-electron chi connectivity index (χ0n) is 12.0. The van der Waals surface area contributed by atoms with Crippen LogP contribution < -0.4 is 4.74 Å². The van der Waals surface area contributed by atoms with Gasteiger partial charge in [0.25, 0.3) is 0 Å². The summed E-state index contributed by atoms with van der Waals surface area (Å²) >= 11 is 0. The normalized spacial score (nSPS) is 18.4. The van der Waals surface area contributed by atoms with Crippen LogP contribution in [-0.2, 0) is 10.0 Å². The van der Waals surface area contributed by atoms with E-state index in [0.717, 1.165) is 18.7 Å². The van der Waals surface area contributed by atoms with Crippen molar-refractivity contribution in [3.8, 4) is 5.75 Å². The van der Waals surface area contributed by atoms with Crippen LogP contribution in [0, 0.1) is 0 Å². The molecule has 1 heterocycles. The molecule has 124 valence electrons. The third-order valence-corrected chi connectivity index (χ3v) is 5.35. The minimum Gasteiger partial charge on any atom is -0.406 e. The van der Waals surface area contributed by atoms with Gasteiger partial charge in [0.05, 0.1) is 4.90 Å². The van der Waals surface area contributed by atoms with E-state index in [4.69, 9.17) is 0 Å². The maximum absolute atomic E-state index is 12.5. The standard InChI is InChI=1S/C13H17F3N2O3S/c1-2-17-6-8-18(9-7-17)22(19,20)12-5-3-4-11(10-12)21-13(14,15)16/h3-5,10H,2,6-9H2,1H3. The molecule has 9 heteroatoms. The summed E-state index contributed by atoms with van der Waals surface area (Å²) in [5.74, 6) is -0.541. The second-order valence-corrected chi connectivity index (χ2v) is 6.80. The highest BCUT2D eigenvalue weighted by Gasteiger charge is 2.32. The van der Waals surface area contributed by atoms with Crippen molar-refractivity contribution in [2.45, 2.75) is 18.2 Å². The molecule has 0 aliphatic carbocycles. The highest BCUT2D eigenvalue weighted by atomic mass is 32.2. The van der Waals surface area contributed by atoms with E-state index in [2.05, 4.69) is 9.64 Å². The molecule has 0 spiro atoms. The molecule has 1 saturated heterocycles. The third kappa shape index (κ3) is 4.11. The van der Waals surface area contributed by atoms with Gasteiger partial charge in [0, 0.05) is 32.2 Å². The molecule has 2 rings (SSSR count). The molecule has 0 unspecified atom stereocenters. The summed E-state index contributed by atoms with van der Waals surface area (Å²) in [7, 11) is -3.81. The van der Waals surface area contributed by atoms with E-state index in [1.54, 1.807) is 0 Å². The summed E-state index contributed by atoms with van der Waals surface area (Å²) in [6.45, 7) is 4.68. The van der Waals surface area contributed by atoms with E-state index in [9.17, 15) is 21.6 Å². The average Bonchev–Trinajstić information content (AvgIpc) is 2.46. The Morgan fingerprint density at radius 3 is 2.36 bits per heavy atom. The van der Waals surface area contributed by atoms with Gasteiger partial charge in [-0.05, 0) is 18.7 Å². The molecule has 0 N–H and O–H groups in total. The molecule has 0 bridgehead atoms. The molecule has 1 aromatic rings. The van der Waals surface area contributed by atoms with Crippen LogP contribution >= 0.6 is 0 Å². The lowest BCUT2D eigenvalue weighted by molar-refractivity contribution is -0.274. The first-order valence-corrected chi connectivity index (χ1v) is 8.24. The number of nitrogens with zero attached hydrogens (tertiary/aromatic N) is 2. The minimum atomic E-state index is -4.85.